The van der Waals surface area contributed by atoms with E-state index in [1.54, 1.807) is 0 Å². The molecule has 1 rings (SSSR count). The molecule has 0 saturated carbocycles. The van der Waals surface area contributed by atoms with Crippen molar-refractivity contribution in [2.24, 2.45) is 0 Å². The fraction of sp³-hybridized carbons (Fsp3) is 0.429. The van der Waals surface area contributed by atoms with Gasteiger partial charge in [-0.2, -0.15) is 0 Å². The average Bonchev–Trinajstić information content (AvgIpc) is 2.24. The number of rotatable bonds is 5. The van der Waals surface area contributed by atoms with Crippen LogP contribution in [0.2, 0.25) is 39.3 Å². The zero-order valence-electron chi connectivity index (χ0n) is 12.6. The van der Waals surface area contributed by atoms with Gasteiger partial charge in [0.1, 0.15) is 5.03 Å². The molecule has 5 heteroatoms. The Morgan fingerprint density at radius 3 is 1.63 bits per heavy atom. The summed E-state index contributed by atoms with van der Waals surface area (Å²) < 4.78 is 12.1. The zero-order chi connectivity index (χ0) is 14.7. The van der Waals surface area contributed by atoms with E-state index in [-0.39, 0.29) is 0 Å². The van der Waals surface area contributed by atoms with E-state index in [0.29, 0.717) is 11.0 Å². The van der Waals surface area contributed by atoms with Crippen molar-refractivity contribution in [2.45, 2.75) is 39.3 Å². The molecule has 0 heterocycles. The summed E-state index contributed by atoms with van der Waals surface area (Å²) >= 11 is 6.46. The van der Waals surface area contributed by atoms with Crippen molar-refractivity contribution >= 4 is 33.3 Å². The van der Waals surface area contributed by atoms with Crippen LogP contribution in [-0.4, -0.2) is 16.6 Å². The normalized spacial score (nSPS) is 11.9. The molecule has 0 aliphatic carbocycles. The SMILES string of the molecule is C[Si](C)(C)OC(O[Si](C)(C)C)=C(Cl)c1ccccc1. The number of halogens is 1. The second-order valence-corrected chi connectivity index (χ2v) is 15.6. The van der Waals surface area contributed by atoms with Crippen molar-refractivity contribution in [1.29, 1.82) is 0 Å². The Bertz CT molecular complexity index is 427. The van der Waals surface area contributed by atoms with E-state index in [9.17, 15) is 0 Å². The first kappa shape index (κ1) is 16.3. The van der Waals surface area contributed by atoms with Gasteiger partial charge in [-0.3, -0.25) is 0 Å². The summed E-state index contributed by atoms with van der Waals surface area (Å²) in [5, 5.41) is 0.561. The molecule has 0 bridgehead atoms. The van der Waals surface area contributed by atoms with Gasteiger partial charge in [-0.25, -0.2) is 0 Å². The highest BCUT2D eigenvalue weighted by Crippen LogP contribution is 2.28. The molecule has 106 valence electrons. The summed E-state index contributed by atoms with van der Waals surface area (Å²) in [6.07, 6.45) is 0. The molecular formula is C14H23ClO2Si2. The van der Waals surface area contributed by atoms with Crippen molar-refractivity contribution in [1.82, 2.24) is 0 Å². The molecule has 0 unspecified atom stereocenters. The van der Waals surface area contributed by atoms with E-state index in [0.717, 1.165) is 5.56 Å². The highest BCUT2D eigenvalue weighted by molar-refractivity contribution is 6.71. The quantitative estimate of drug-likeness (QED) is 0.545. The Kier molecular flexibility index (Phi) is 5.29. The second-order valence-electron chi connectivity index (χ2n) is 6.40. The highest BCUT2D eigenvalue weighted by atomic mass is 35.5. The number of hydrogen-bond acceptors (Lipinski definition) is 2. The standard InChI is InChI=1S/C14H23ClO2Si2/c1-18(2,3)16-14(17-19(4,5)6)13(15)12-10-8-7-9-11-12/h7-11H,1-6H3. The van der Waals surface area contributed by atoms with Crippen molar-refractivity contribution in [3.05, 3.63) is 41.8 Å². The lowest BCUT2D eigenvalue weighted by molar-refractivity contribution is 0.221. The van der Waals surface area contributed by atoms with E-state index < -0.39 is 16.6 Å². The molecular weight excluding hydrogens is 292 g/mol. The third kappa shape index (κ3) is 6.32. The third-order valence-corrected chi connectivity index (χ3v) is 3.97. The van der Waals surface area contributed by atoms with Crippen LogP contribution in [0.3, 0.4) is 0 Å². The highest BCUT2D eigenvalue weighted by Gasteiger charge is 2.26. The van der Waals surface area contributed by atoms with Gasteiger partial charge < -0.3 is 8.85 Å². The van der Waals surface area contributed by atoms with Crippen LogP contribution in [0.25, 0.3) is 5.03 Å². The minimum Gasteiger partial charge on any atom is -0.519 e. The van der Waals surface area contributed by atoms with Crippen LogP contribution < -0.4 is 0 Å². The van der Waals surface area contributed by atoms with Crippen LogP contribution >= 0.6 is 11.6 Å². The topological polar surface area (TPSA) is 18.5 Å². The summed E-state index contributed by atoms with van der Waals surface area (Å²) in [5.41, 5.74) is 0.927. The first-order chi connectivity index (χ1) is 8.58. The molecule has 0 aliphatic heterocycles. The van der Waals surface area contributed by atoms with Crippen LogP contribution in [-0.2, 0) is 8.85 Å². The Hall–Kier alpha value is -0.716. The maximum atomic E-state index is 6.46. The molecule has 19 heavy (non-hydrogen) atoms. The van der Waals surface area contributed by atoms with Crippen molar-refractivity contribution < 1.29 is 8.85 Å². The summed E-state index contributed by atoms with van der Waals surface area (Å²) in [7, 11) is -3.52. The Balaban J connectivity index is 3.14. The van der Waals surface area contributed by atoms with Crippen LogP contribution in [0.15, 0.2) is 36.3 Å². The van der Waals surface area contributed by atoms with Crippen molar-refractivity contribution in [2.75, 3.05) is 0 Å². The van der Waals surface area contributed by atoms with E-state index in [1.165, 1.54) is 0 Å². The Labute approximate surface area is 123 Å². The van der Waals surface area contributed by atoms with Crippen LogP contribution in [0.1, 0.15) is 5.56 Å². The van der Waals surface area contributed by atoms with Gasteiger partial charge in [-0.05, 0) is 39.3 Å². The van der Waals surface area contributed by atoms with Crippen LogP contribution in [0.4, 0.5) is 0 Å². The summed E-state index contributed by atoms with van der Waals surface area (Å²) in [6.45, 7) is 12.7. The monoisotopic (exact) mass is 314 g/mol. The van der Waals surface area contributed by atoms with Gasteiger partial charge in [0.05, 0.1) is 0 Å². The maximum absolute atomic E-state index is 6.46. The molecule has 0 atom stereocenters. The van der Waals surface area contributed by atoms with Gasteiger partial charge in [-0.15, -0.1) is 0 Å². The van der Waals surface area contributed by atoms with Gasteiger partial charge in [0.2, 0.25) is 16.6 Å². The van der Waals surface area contributed by atoms with E-state index in [2.05, 4.69) is 39.3 Å². The zero-order valence-corrected chi connectivity index (χ0v) is 15.3. The second kappa shape index (κ2) is 6.16. The lowest BCUT2D eigenvalue weighted by Gasteiger charge is -2.28. The first-order valence-corrected chi connectivity index (χ1v) is 13.6. The Morgan fingerprint density at radius 1 is 0.842 bits per heavy atom. The smallest absolute Gasteiger partial charge is 0.271 e. The van der Waals surface area contributed by atoms with E-state index in [1.807, 2.05) is 30.3 Å². The fourth-order valence-corrected chi connectivity index (χ4v) is 3.18. The van der Waals surface area contributed by atoms with Gasteiger partial charge in [0.15, 0.2) is 0 Å². The van der Waals surface area contributed by atoms with E-state index in [4.69, 9.17) is 20.5 Å². The predicted molar refractivity (Wildman–Crippen MR) is 88.1 cm³/mol. The molecule has 0 N–H and O–H groups in total. The molecule has 0 aromatic heterocycles. The van der Waals surface area contributed by atoms with Crippen LogP contribution in [0, 0.1) is 0 Å². The summed E-state index contributed by atoms with van der Waals surface area (Å²) in [5.74, 6) is 0.492. The van der Waals surface area contributed by atoms with Crippen LogP contribution in [0.5, 0.6) is 0 Å². The summed E-state index contributed by atoms with van der Waals surface area (Å²) in [4.78, 5) is 0. The van der Waals surface area contributed by atoms with Crippen molar-refractivity contribution in [3.63, 3.8) is 0 Å². The minimum atomic E-state index is -1.76. The molecule has 0 fully saturated rings. The molecule has 2 nitrogen and oxygen atoms in total. The predicted octanol–water partition coefficient (Wildman–Crippen LogP) is 5.25. The molecule has 0 aliphatic rings. The third-order valence-electron chi connectivity index (χ3n) is 2.00. The fourth-order valence-electron chi connectivity index (χ4n) is 1.37. The molecule has 0 radical (unpaired) electrons. The summed E-state index contributed by atoms with van der Waals surface area (Å²) in [6, 6.07) is 9.80. The van der Waals surface area contributed by atoms with Gasteiger partial charge >= 0.3 is 0 Å². The molecule has 0 spiro atoms. The first-order valence-electron chi connectivity index (χ1n) is 6.42. The lowest BCUT2D eigenvalue weighted by Crippen LogP contribution is -2.32. The largest absolute Gasteiger partial charge is 0.519 e. The van der Waals surface area contributed by atoms with Gasteiger partial charge in [0.25, 0.3) is 5.95 Å². The van der Waals surface area contributed by atoms with Gasteiger partial charge in [0, 0.05) is 5.56 Å². The Morgan fingerprint density at radius 2 is 1.26 bits per heavy atom. The molecule has 1 aromatic rings. The number of benzene rings is 1. The minimum absolute atomic E-state index is 0.492. The number of hydrogen-bond donors (Lipinski definition) is 0. The van der Waals surface area contributed by atoms with Crippen molar-refractivity contribution in [3.8, 4) is 0 Å². The average molecular weight is 315 g/mol. The maximum Gasteiger partial charge on any atom is 0.271 e. The molecule has 1 aromatic carbocycles. The molecule has 0 amide bonds. The van der Waals surface area contributed by atoms with Gasteiger partial charge in [-0.1, -0.05) is 41.9 Å². The molecule has 0 saturated heterocycles. The lowest BCUT2D eigenvalue weighted by atomic mass is 10.2. The van der Waals surface area contributed by atoms with E-state index >= 15 is 0 Å².